The molecule has 0 aromatic rings. The summed E-state index contributed by atoms with van der Waals surface area (Å²) in [7, 11) is 0. The molecule has 26 atom stereocenters. The molecule has 4 aliphatic heterocycles. The van der Waals surface area contributed by atoms with Gasteiger partial charge >= 0.3 is 0 Å². The Morgan fingerprint density at radius 2 is 1.28 bits per heavy atom. The summed E-state index contributed by atoms with van der Waals surface area (Å²) in [5.74, 6) is 1.51. The molecule has 0 aromatic carbocycles. The fraction of sp³-hybridized carbons (Fsp3) is 0.957. The van der Waals surface area contributed by atoms with E-state index in [9.17, 15) is 51.1 Å². The minimum absolute atomic E-state index is 0.147. The van der Waals surface area contributed by atoms with Gasteiger partial charge in [0.1, 0.15) is 67.1 Å². The van der Waals surface area contributed by atoms with E-state index in [2.05, 4.69) is 60.6 Å². The number of rotatable bonds is 8. The van der Waals surface area contributed by atoms with E-state index in [1.807, 2.05) is 0 Å². The molecule has 1 spiro atoms. The van der Waals surface area contributed by atoms with Crippen LogP contribution in [-0.4, -0.2) is 181 Å². The summed E-state index contributed by atoms with van der Waals surface area (Å²) in [6, 6.07) is 0. The predicted molar refractivity (Wildman–Crippen MR) is 223 cm³/mol. The fourth-order valence-corrected chi connectivity index (χ4v) is 15.8. The summed E-state index contributed by atoms with van der Waals surface area (Å²) in [5, 5.41) is 108. The first-order valence-electron chi connectivity index (χ1n) is 24.0. The SMILES string of the molecule is CC1C2C3(CC[C@H]1C)COC21C=CC2[C@@]4(C)CC[C@H](O[C@@H]5O[C@H](CO)[C@@H](O)[C@H](O)[C@H]5O[C@@H]5O[C@H](CO)[C@@H](O)[C@H](O)[C@H]5O[C@@H]5OC[C@@H](O)[C@H](O)[C@H]5O)C(C)(C)C4CC[C@@]2(C)[C@]1(C)C[C@H]3O. The van der Waals surface area contributed by atoms with E-state index >= 15 is 0 Å². The van der Waals surface area contributed by atoms with Gasteiger partial charge in [-0.15, -0.1) is 0 Å². The van der Waals surface area contributed by atoms with Crippen LogP contribution in [0.3, 0.4) is 0 Å². The van der Waals surface area contributed by atoms with Gasteiger partial charge < -0.3 is 84.2 Å². The third-order valence-corrected chi connectivity index (χ3v) is 19.9. The Kier molecular flexibility index (Phi) is 12.5. The minimum Gasteiger partial charge on any atom is -0.394 e. The molecular formula is C47H76O17. The standard InChI is InChI=1S/C47H76O17/c1-21-8-14-46-20-59-47(38(46)22(21)2)15-10-27-43(5)12-11-29(42(3,4)26(43)9-13-44(27,6)45(47,7)16-28(46)51)62-40-36(33(55)31(53)24(17-48)60-40)64-41-37(34(56)32(54)25(18-49)61-41)63-39-35(57)30(52)23(50)19-58-39/h10,15,21-41,48-57H,8-9,11-14,16-20H2,1-7H3/t21-,22?,23-,24-,25-,26?,27?,28-,29+,30+,31-,32-,33+,34+,35-,36-,37-,38?,39+,40+,41+,43+,44-,45+,46?,47?/m1/s1. The van der Waals surface area contributed by atoms with Gasteiger partial charge in [-0.05, 0) is 84.9 Å². The lowest BCUT2D eigenvalue weighted by Crippen LogP contribution is -2.73. The van der Waals surface area contributed by atoms with Crippen molar-refractivity contribution < 1.29 is 84.2 Å². The lowest BCUT2D eigenvalue weighted by Gasteiger charge is -2.73. The Hall–Kier alpha value is -0.940. The molecule has 366 valence electrons. The number of aliphatic hydroxyl groups is 10. The number of ether oxygens (including phenoxy) is 7. The fourth-order valence-electron chi connectivity index (χ4n) is 15.8. The van der Waals surface area contributed by atoms with Crippen molar-refractivity contribution in [3.8, 4) is 0 Å². The summed E-state index contributed by atoms with van der Waals surface area (Å²) in [5.41, 5.74) is -1.86. The Labute approximate surface area is 376 Å². The number of fused-ring (bicyclic) bond motifs is 4. The van der Waals surface area contributed by atoms with E-state index < -0.39 is 129 Å². The van der Waals surface area contributed by atoms with Gasteiger partial charge in [0.05, 0.1) is 44.2 Å². The Morgan fingerprint density at radius 1 is 0.672 bits per heavy atom. The van der Waals surface area contributed by atoms with Gasteiger partial charge in [-0.3, -0.25) is 0 Å². The summed E-state index contributed by atoms with van der Waals surface area (Å²) in [6.07, 6.45) is -12.5. The third kappa shape index (κ3) is 6.65. The van der Waals surface area contributed by atoms with E-state index in [-0.39, 0.29) is 39.4 Å². The Balaban J connectivity index is 0.986. The normalized spacial score (nSPS) is 59.0. The topological polar surface area (TPSA) is 267 Å². The van der Waals surface area contributed by atoms with Gasteiger partial charge in [0.15, 0.2) is 18.9 Å². The minimum atomic E-state index is -1.82. The largest absolute Gasteiger partial charge is 0.394 e. The average Bonchev–Trinajstić information content (AvgIpc) is 3.56. The van der Waals surface area contributed by atoms with Crippen LogP contribution >= 0.6 is 0 Å². The van der Waals surface area contributed by atoms with Crippen LogP contribution in [0.5, 0.6) is 0 Å². The lowest BCUT2D eigenvalue weighted by molar-refractivity contribution is -0.395. The number of hydrogen-bond donors (Lipinski definition) is 10. The summed E-state index contributed by atoms with van der Waals surface area (Å²) in [6.45, 7) is 15.1. The zero-order chi connectivity index (χ0) is 46.3. The highest BCUT2D eigenvalue weighted by Gasteiger charge is 2.79. The highest BCUT2D eigenvalue weighted by molar-refractivity contribution is 5.36. The van der Waals surface area contributed by atoms with Crippen LogP contribution in [-0.2, 0) is 33.2 Å². The number of hydrogen-bond acceptors (Lipinski definition) is 17. The van der Waals surface area contributed by atoms with Crippen LogP contribution < -0.4 is 0 Å². The molecule has 4 heterocycles. The van der Waals surface area contributed by atoms with E-state index in [1.54, 1.807) is 0 Å². The Morgan fingerprint density at radius 3 is 1.91 bits per heavy atom. The number of aliphatic hydroxyl groups excluding tert-OH is 10. The molecule has 9 aliphatic rings. The van der Waals surface area contributed by atoms with E-state index in [0.717, 1.165) is 32.1 Å². The second-order valence-electron chi connectivity index (χ2n) is 22.9. The highest BCUT2D eigenvalue weighted by Crippen LogP contribution is 2.79. The monoisotopic (exact) mass is 913 g/mol. The van der Waals surface area contributed by atoms with Gasteiger partial charge in [-0.2, -0.15) is 0 Å². The molecule has 8 fully saturated rings. The molecule has 2 bridgehead atoms. The van der Waals surface area contributed by atoms with Crippen molar-refractivity contribution in [2.45, 2.75) is 197 Å². The van der Waals surface area contributed by atoms with Crippen molar-refractivity contribution >= 4 is 0 Å². The van der Waals surface area contributed by atoms with Crippen LogP contribution in [0, 0.1) is 56.7 Å². The van der Waals surface area contributed by atoms with E-state index in [1.165, 1.54) is 0 Å². The predicted octanol–water partition coefficient (Wildman–Crippen LogP) is 0.0961. The molecule has 5 aliphatic carbocycles. The maximum absolute atomic E-state index is 12.3. The quantitative estimate of drug-likeness (QED) is 0.114. The van der Waals surface area contributed by atoms with Gasteiger partial charge in [0, 0.05) is 16.7 Å². The van der Waals surface area contributed by atoms with E-state index in [4.69, 9.17) is 33.2 Å². The van der Waals surface area contributed by atoms with E-state index in [0.29, 0.717) is 31.3 Å². The third-order valence-electron chi connectivity index (χ3n) is 19.9. The van der Waals surface area contributed by atoms with Crippen molar-refractivity contribution in [2.75, 3.05) is 26.4 Å². The van der Waals surface area contributed by atoms with Crippen LogP contribution in [0.4, 0.5) is 0 Å². The molecule has 4 saturated heterocycles. The lowest BCUT2D eigenvalue weighted by atomic mass is 9.31. The van der Waals surface area contributed by atoms with Crippen molar-refractivity contribution in [2.24, 2.45) is 56.7 Å². The molecule has 64 heavy (non-hydrogen) atoms. The zero-order valence-electron chi connectivity index (χ0n) is 38.4. The average molecular weight is 913 g/mol. The molecule has 6 unspecified atom stereocenters. The van der Waals surface area contributed by atoms with Crippen molar-refractivity contribution in [1.82, 2.24) is 0 Å². The van der Waals surface area contributed by atoms with Crippen molar-refractivity contribution in [1.29, 1.82) is 0 Å². The van der Waals surface area contributed by atoms with Crippen LogP contribution in [0.1, 0.15) is 93.4 Å². The molecule has 9 rings (SSSR count). The smallest absolute Gasteiger partial charge is 0.187 e. The Bertz CT molecular complexity index is 1740. The molecular weight excluding hydrogens is 836 g/mol. The molecule has 0 amide bonds. The van der Waals surface area contributed by atoms with Crippen LogP contribution in [0.2, 0.25) is 0 Å². The van der Waals surface area contributed by atoms with Gasteiger partial charge in [-0.1, -0.05) is 60.6 Å². The van der Waals surface area contributed by atoms with Crippen LogP contribution in [0.25, 0.3) is 0 Å². The molecule has 4 saturated carbocycles. The first-order valence-corrected chi connectivity index (χ1v) is 24.0. The first-order chi connectivity index (χ1) is 30.1. The zero-order valence-corrected chi connectivity index (χ0v) is 38.4. The molecule has 17 heteroatoms. The van der Waals surface area contributed by atoms with Gasteiger partial charge in [0.25, 0.3) is 0 Å². The maximum atomic E-state index is 12.3. The molecule has 10 N–H and O–H groups in total. The highest BCUT2D eigenvalue weighted by atomic mass is 16.8. The second kappa shape index (κ2) is 16.6. The van der Waals surface area contributed by atoms with Gasteiger partial charge in [0.2, 0.25) is 0 Å². The first kappa shape index (κ1) is 48.1. The molecule has 0 radical (unpaired) electrons. The number of allylic oxidation sites excluding steroid dienone is 1. The van der Waals surface area contributed by atoms with Crippen LogP contribution in [0.15, 0.2) is 12.2 Å². The van der Waals surface area contributed by atoms with Crippen molar-refractivity contribution in [3.63, 3.8) is 0 Å². The summed E-state index contributed by atoms with van der Waals surface area (Å²) in [4.78, 5) is 0. The molecule has 0 aromatic heterocycles. The van der Waals surface area contributed by atoms with Crippen molar-refractivity contribution in [3.05, 3.63) is 12.2 Å². The molecule has 17 nitrogen and oxygen atoms in total. The summed E-state index contributed by atoms with van der Waals surface area (Å²) >= 11 is 0. The second-order valence-corrected chi connectivity index (χ2v) is 22.9. The maximum Gasteiger partial charge on any atom is 0.187 e. The summed E-state index contributed by atoms with van der Waals surface area (Å²) < 4.78 is 43.7. The van der Waals surface area contributed by atoms with Gasteiger partial charge in [-0.25, -0.2) is 0 Å².